The number of amides is 1. The van der Waals surface area contributed by atoms with Crippen LogP contribution in [0.25, 0.3) is 0 Å². The van der Waals surface area contributed by atoms with E-state index in [0.29, 0.717) is 39.3 Å². The van der Waals surface area contributed by atoms with Gasteiger partial charge in [0.2, 0.25) is 10.0 Å². The molecule has 2 N–H and O–H groups in total. The molecule has 2 aromatic rings. The van der Waals surface area contributed by atoms with Crippen molar-refractivity contribution in [2.45, 2.75) is 11.3 Å². The second-order valence-electron chi connectivity index (χ2n) is 6.62. The van der Waals surface area contributed by atoms with Crippen molar-refractivity contribution in [1.82, 2.24) is 9.62 Å². The van der Waals surface area contributed by atoms with Crippen molar-refractivity contribution in [3.05, 3.63) is 52.2 Å². The maximum absolute atomic E-state index is 12.8. The highest BCUT2D eigenvalue weighted by atomic mass is 32.2. The van der Waals surface area contributed by atoms with Crippen LogP contribution in [0.4, 0.5) is 0 Å². The zero-order valence-corrected chi connectivity index (χ0v) is 17.1. The quantitative estimate of drug-likeness (QED) is 0.654. The number of carbonyl (C=O) groups is 1. The molecule has 7 nitrogen and oxygen atoms in total. The van der Waals surface area contributed by atoms with E-state index >= 15 is 0 Å². The number of quaternary nitrogens is 1. The van der Waals surface area contributed by atoms with Crippen molar-refractivity contribution in [3.8, 4) is 6.07 Å². The van der Waals surface area contributed by atoms with Crippen LogP contribution in [0, 0.1) is 11.3 Å². The molecule has 1 aliphatic heterocycles. The van der Waals surface area contributed by atoms with E-state index in [1.807, 2.05) is 23.6 Å². The second-order valence-corrected chi connectivity index (χ2v) is 9.56. The number of carbonyl (C=O) groups excluding carboxylic acids is 1. The molecule has 0 spiro atoms. The zero-order chi connectivity index (χ0) is 20.0. The summed E-state index contributed by atoms with van der Waals surface area (Å²) in [5.41, 5.74) is 0.155. The summed E-state index contributed by atoms with van der Waals surface area (Å²) in [5.74, 6) is -0.0160. The Labute approximate surface area is 169 Å². The molecule has 2 heterocycles. The third-order valence-corrected chi connectivity index (χ3v) is 7.63. The Morgan fingerprint density at radius 2 is 1.96 bits per heavy atom. The summed E-state index contributed by atoms with van der Waals surface area (Å²) in [4.78, 5) is 14.5. The van der Waals surface area contributed by atoms with Gasteiger partial charge in [-0.05, 0) is 30.0 Å². The molecule has 1 aliphatic rings. The first kappa shape index (κ1) is 20.5. The van der Waals surface area contributed by atoms with Gasteiger partial charge in [-0.3, -0.25) is 4.79 Å². The molecule has 9 heteroatoms. The molecule has 1 saturated heterocycles. The second kappa shape index (κ2) is 9.30. The van der Waals surface area contributed by atoms with Crippen molar-refractivity contribution >= 4 is 27.3 Å². The van der Waals surface area contributed by atoms with E-state index in [1.54, 1.807) is 23.5 Å². The topological polar surface area (TPSA) is 94.7 Å². The first-order valence-corrected chi connectivity index (χ1v) is 11.4. The highest BCUT2D eigenvalue weighted by molar-refractivity contribution is 7.89. The van der Waals surface area contributed by atoms with E-state index in [0.717, 1.165) is 11.3 Å². The number of nitrogens with one attached hydrogen (secondary N) is 2. The Bertz CT molecular complexity index is 944. The highest BCUT2D eigenvalue weighted by Crippen LogP contribution is 2.19. The van der Waals surface area contributed by atoms with Crippen LogP contribution in [-0.4, -0.2) is 57.9 Å². The third kappa shape index (κ3) is 4.97. The van der Waals surface area contributed by atoms with Crippen LogP contribution in [0.3, 0.4) is 0 Å². The molecule has 0 radical (unpaired) electrons. The van der Waals surface area contributed by atoms with Crippen LogP contribution in [0.15, 0.2) is 46.7 Å². The fourth-order valence-corrected chi connectivity index (χ4v) is 5.50. The third-order valence-electron chi connectivity index (χ3n) is 4.74. The fourth-order valence-electron chi connectivity index (χ4n) is 3.21. The maximum Gasteiger partial charge on any atom is 0.275 e. The SMILES string of the molecule is N#Cc1ccccc1S(=O)(=O)N1CC[NH+](CC(=O)NCCc2cccs2)CC1. The predicted molar refractivity (Wildman–Crippen MR) is 107 cm³/mol. The minimum Gasteiger partial charge on any atom is -0.351 e. The van der Waals surface area contributed by atoms with Crippen LogP contribution >= 0.6 is 11.3 Å². The molecule has 0 atom stereocenters. The van der Waals surface area contributed by atoms with Gasteiger partial charge in [-0.1, -0.05) is 18.2 Å². The van der Waals surface area contributed by atoms with Crippen molar-refractivity contribution in [3.63, 3.8) is 0 Å². The Kier molecular flexibility index (Phi) is 6.80. The van der Waals surface area contributed by atoms with Gasteiger partial charge in [-0.25, -0.2) is 8.42 Å². The van der Waals surface area contributed by atoms with Crippen molar-refractivity contribution in [2.75, 3.05) is 39.3 Å². The van der Waals surface area contributed by atoms with E-state index in [1.165, 1.54) is 21.3 Å². The molecule has 1 aromatic heterocycles. The summed E-state index contributed by atoms with van der Waals surface area (Å²) < 4.78 is 27.1. The lowest BCUT2D eigenvalue weighted by Crippen LogP contribution is -3.15. The summed E-state index contributed by atoms with van der Waals surface area (Å²) >= 11 is 1.67. The van der Waals surface area contributed by atoms with Gasteiger partial charge in [-0.15, -0.1) is 11.3 Å². The van der Waals surface area contributed by atoms with Gasteiger partial charge in [0.1, 0.15) is 6.07 Å². The lowest BCUT2D eigenvalue weighted by molar-refractivity contribution is -0.895. The average Bonchev–Trinajstić information content (AvgIpc) is 3.22. The Hall–Kier alpha value is -2.25. The van der Waals surface area contributed by atoms with Gasteiger partial charge < -0.3 is 10.2 Å². The van der Waals surface area contributed by atoms with Crippen molar-refractivity contribution in [2.24, 2.45) is 0 Å². The molecular formula is C19H23N4O3S2+. The van der Waals surface area contributed by atoms with E-state index in [9.17, 15) is 18.5 Å². The predicted octanol–water partition coefficient (Wildman–Crippen LogP) is -0.132. The summed E-state index contributed by atoms with van der Waals surface area (Å²) in [6.45, 7) is 2.74. The molecule has 0 bridgehead atoms. The number of piperazine rings is 1. The monoisotopic (exact) mass is 419 g/mol. The normalized spacial score (nSPS) is 15.8. The molecule has 0 unspecified atom stereocenters. The number of hydrogen-bond acceptors (Lipinski definition) is 5. The van der Waals surface area contributed by atoms with E-state index in [-0.39, 0.29) is 16.4 Å². The van der Waals surface area contributed by atoms with Gasteiger partial charge in [0, 0.05) is 11.4 Å². The number of hydrogen-bond donors (Lipinski definition) is 2. The Balaban J connectivity index is 1.48. The lowest BCUT2D eigenvalue weighted by atomic mass is 10.2. The van der Waals surface area contributed by atoms with Gasteiger partial charge in [0.15, 0.2) is 6.54 Å². The smallest absolute Gasteiger partial charge is 0.275 e. The molecule has 1 aromatic carbocycles. The van der Waals surface area contributed by atoms with Crippen LogP contribution < -0.4 is 10.2 Å². The van der Waals surface area contributed by atoms with Crippen LogP contribution in [0.5, 0.6) is 0 Å². The molecule has 1 fully saturated rings. The molecule has 148 valence electrons. The number of nitriles is 1. The van der Waals surface area contributed by atoms with E-state index < -0.39 is 10.0 Å². The first-order valence-electron chi connectivity index (χ1n) is 9.12. The zero-order valence-electron chi connectivity index (χ0n) is 15.4. The lowest BCUT2D eigenvalue weighted by Gasteiger charge is -2.31. The molecule has 0 saturated carbocycles. The summed E-state index contributed by atoms with van der Waals surface area (Å²) in [6.07, 6.45) is 0.822. The van der Waals surface area contributed by atoms with Gasteiger partial charge >= 0.3 is 0 Å². The number of sulfonamides is 1. The number of thiophene rings is 1. The summed E-state index contributed by atoms with van der Waals surface area (Å²) in [7, 11) is -3.70. The molecule has 3 rings (SSSR count). The first-order chi connectivity index (χ1) is 13.5. The van der Waals surface area contributed by atoms with E-state index in [2.05, 4.69) is 5.32 Å². The number of benzene rings is 1. The Morgan fingerprint density at radius 1 is 1.21 bits per heavy atom. The molecule has 28 heavy (non-hydrogen) atoms. The van der Waals surface area contributed by atoms with Gasteiger partial charge in [0.25, 0.3) is 5.91 Å². The van der Waals surface area contributed by atoms with Crippen molar-refractivity contribution in [1.29, 1.82) is 5.26 Å². The van der Waals surface area contributed by atoms with Crippen LogP contribution in [0.2, 0.25) is 0 Å². The van der Waals surface area contributed by atoms with E-state index in [4.69, 9.17) is 0 Å². The maximum atomic E-state index is 12.8. The van der Waals surface area contributed by atoms with Gasteiger partial charge in [-0.2, -0.15) is 9.57 Å². The summed E-state index contributed by atoms with van der Waals surface area (Å²) in [5, 5.41) is 14.1. The number of nitrogens with zero attached hydrogens (tertiary/aromatic N) is 2. The van der Waals surface area contributed by atoms with Crippen molar-refractivity contribution < 1.29 is 18.1 Å². The standard InChI is InChI=1S/C19H22N4O3S2/c20-14-16-4-1-2-6-18(16)28(25,26)23-11-9-22(10-12-23)15-19(24)21-8-7-17-5-3-13-27-17/h1-6,13H,7-12,15H2,(H,21,24)/p+1. The summed E-state index contributed by atoms with van der Waals surface area (Å²) in [6, 6.07) is 12.2. The largest absolute Gasteiger partial charge is 0.351 e. The van der Waals surface area contributed by atoms with Crippen LogP contribution in [0.1, 0.15) is 10.4 Å². The fraction of sp³-hybridized carbons (Fsp3) is 0.368. The molecule has 0 aliphatic carbocycles. The number of rotatable bonds is 7. The molecular weight excluding hydrogens is 396 g/mol. The van der Waals surface area contributed by atoms with Crippen LogP contribution in [-0.2, 0) is 21.2 Å². The average molecular weight is 420 g/mol. The highest BCUT2D eigenvalue weighted by Gasteiger charge is 2.32. The minimum absolute atomic E-state index is 0.0160. The Morgan fingerprint density at radius 3 is 2.64 bits per heavy atom. The minimum atomic E-state index is -3.70. The molecule has 1 amide bonds. The van der Waals surface area contributed by atoms with Gasteiger partial charge in [0.05, 0.1) is 36.6 Å².